The number of benzene rings is 1. The minimum absolute atomic E-state index is 0.0125. The van der Waals surface area contributed by atoms with Crippen LogP contribution in [0.1, 0.15) is 26.4 Å². The molecule has 0 radical (unpaired) electrons. The van der Waals surface area contributed by atoms with Crippen molar-refractivity contribution in [3.8, 4) is 0 Å². The molecule has 1 aromatic carbocycles. The van der Waals surface area contributed by atoms with Crippen molar-refractivity contribution in [3.05, 3.63) is 69.9 Å². The van der Waals surface area contributed by atoms with Gasteiger partial charge in [-0.3, -0.25) is 25.2 Å². The normalized spacial score (nSPS) is 10.5. The summed E-state index contributed by atoms with van der Waals surface area (Å²) in [6, 6.07) is 9.50. The molecule has 10 nitrogen and oxygen atoms in total. The average molecular weight is 399 g/mol. The number of rotatable bonds is 5. The maximum atomic E-state index is 12.2. The Labute approximate surface area is 163 Å². The van der Waals surface area contributed by atoms with Crippen molar-refractivity contribution in [3.63, 3.8) is 0 Å². The molecule has 28 heavy (non-hydrogen) atoms. The van der Waals surface area contributed by atoms with Crippen LogP contribution in [-0.4, -0.2) is 36.4 Å². The molecular formula is C17H17N7O3S. The van der Waals surface area contributed by atoms with Crippen LogP contribution in [0.3, 0.4) is 0 Å². The van der Waals surface area contributed by atoms with Crippen LogP contribution in [0.2, 0.25) is 0 Å². The Morgan fingerprint density at radius 3 is 2.39 bits per heavy atom. The summed E-state index contributed by atoms with van der Waals surface area (Å²) in [7, 11) is 3.30. The van der Waals surface area contributed by atoms with Gasteiger partial charge in [0.1, 0.15) is 6.33 Å². The van der Waals surface area contributed by atoms with Gasteiger partial charge < -0.3 is 4.57 Å². The fraction of sp³-hybridized carbons (Fsp3) is 0.176. The van der Waals surface area contributed by atoms with E-state index in [1.165, 1.54) is 30.9 Å². The number of aryl methyl sites for hydroxylation is 2. The van der Waals surface area contributed by atoms with Crippen molar-refractivity contribution in [1.82, 2.24) is 35.4 Å². The van der Waals surface area contributed by atoms with Gasteiger partial charge in [-0.25, -0.2) is 4.68 Å². The van der Waals surface area contributed by atoms with E-state index < -0.39 is 11.8 Å². The van der Waals surface area contributed by atoms with Gasteiger partial charge in [-0.1, -0.05) is 23.9 Å². The lowest BCUT2D eigenvalue weighted by Crippen LogP contribution is -2.42. The highest BCUT2D eigenvalue weighted by molar-refractivity contribution is 7.98. The molecule has 0 saturated carbocycles. The first-order chi connectivity index (χ1) is 13.4. The molecule has 0 spiro atoms. The summed E-state index contributed by atoms with van der Waals surface area (Å²) in [6.07, 6.45) is 1.63. The summed E-state index contributed by atoms with van der Waals surface area (Å²) >= 11 is 1.54. The Hall–Kier alpha value is -3.47. The van der Waals surface area contributed by atoms with E-state index in [9.17, 15) is 14.4 Å². The van der Waals surface area contributed by atoms with Crippen molar-refractivity contribution in [1.29, 1.82) is 0 Å². The molecule has 2 aromatic heterocycles. The highest BCUT2D eigenvalue weighted by Crippen LogP contribution is 2.20. The molecule has 0 bridgehead atoms. The molecule has 11 heteroatoms. The molecule has 2 heterocycles. The van der Waals surface area contributed by atoms with E-state index >= 15 is 0 Å². The number of aromatic nitrogens is 5. The van der Waals surface area contributed by atoms with Gasteiger partial charge in [0.25, 0.3) is 17.4 Å². The number of hydrazine groups is 1. The molecule has 144 valence electrons. The third-order valence-corrected chi connectivity index (χ3v) is 4.84. The Bertz CT molecular complexity index is 1060. The molecular weight excluding hydrogens is 382 g/mol. The first-order valence-corrected chi connectivity index (χ1v) is 9.13. The first-order valence-electron chi connectivity index (χ1n) is 8.15. The molecule has 3 rings (SSSR count). The molecule has 0 saturated heterocycles. The van der Waals surface area contributed by atoms with E-state index in [1.807, 2.05) is 23.7 Å². The summed E-state index contributed by atoms with van der Waals surface area (Å²) in [6.45, 7) is 0. The van der Waals surface area contributed by atoms with Crippen LogP contribution in [0.25, 0.3) is 0 Å². The summed E-state index contributed by atoms with van der Waals surface area (Å²) in [4.78, 5) is 35.5. The highest BCUT2D eigenvalue weighted by Gasteiger charge is 2.11. The van der Waals surface area contributed by atoms with Crippen LogP contribution in [0.4, 0.5) is 0 Å². The van der Waals surface area contributed by atoms with Crippen LogP contribution < -0.4 is 16.4 Å². The van der Waals surface area contributed by atoms with E-state index in [0.717, 1.165) is 15.4 Å². The standard InChI is InChI=1S/C17H17N7O3S/c1-23-10-18-21-17(23)28-9-11-3-5-12(6-4-11)15(26)19-20-16(27)13-7-8-14(25)24(2)22-13/h3-8,10H,9H2,1-2H3,(H,19,26)(H,20,27). The number of nitrogens with zero attached hydrogens (tertiary/aromatic N) is 5. The van der Waals surface area contributed by atoms with Crippen LogP contribution in [0.5, 0.6) is 0 Å². The van der Waals surface area contributed by atoms with Gasteiger partial charge in [-0.2, -0.15) is 5.10 Å². The zero-order valence-corrected chi connectivity index (χ0v) is 15.9. The molecule has 3 aromatic rings. The summed E-state index contributed by atoms with van der Waals surface area (Å²) < 4.78 is 2.86. The maximum absolute atomic E-state index is 12.2. The summed E-state index contributed by atoms with van der Waals surface area (Å²) in [5.41, 5.74) is 5.67. The van der Waals surface area contributed by atoms with Crippen molar-refractivity contribution in [2.24, 2.45) is 14.1 Å². The zero-order valence-electron chi connectivity index (χ0n) is 15.1. The zero-order chi connectivity index (χ0) is 20.1. The summed E-state index contributed by atoms with van der Waals surface area (Å²) in [5, 5.41) is 12.4. The summed E-state index contributed by atoms with van der Waals surface area (Å²) in [5.74, 6) is -0.407. The average Bonchev–Trinajstić information content (AvgIpc) is 3.11. The van der Waals surface area contributed by atoms with Crippen molar-refractivity contribution < 1.29 is 9.59 Å². The molecule has 0 fully saturated rings. The van der Waals surface area contributed by atoms with Crippen molar-refractivity contribution in [2.75, 3.05) is 0 Å². The lowest BCUT2D eigenvalue weighted by atomic mass is 10.1. The minimum Gasteiger partial charge on any atom is -0.312 e. The quantitative estimate of drug-likeness (QED) is 0.466. The largest absolute Gasteiger partial charge is 0.312 e. The third-order valence-electron chi connectivity index (χ3n) is 3.74. The number of carbonyl (C=O) groups excluding carboxylic acids is 2. The Kier molecular flexibility index (Phi) is 5.84. The predicted molar refractivity (Wildman–Crippen MR) is 101 cm³/mol. The van der Waals surface area contributed by atoms with E-state index in [-0.39, 0.29) is 11.3 Å². The van der Waals surface area contributed by atoms with Crippen molar-refractivity contribution in [2.45, 2.75) is 10.9 Å². The predicted octanol–water partition coefficient (Wildman–Crippen LogP) is 0.276. The monoisotopic (exact) mass is 399 g/mol. The Balaban J connectivity index is 1.54. The maximum Gasteiger partial charge on any atom is 0.290 e. The number of amides is 2. The van der Waals surface area contributed by atoms with Gasteiger partial charge in [-0.15, -0.1) is 10.2 Å². The van der Waals surface area contributed by atoms with Crippen LogP contribution in [-0.2, 0) is 19.8 Å². The van der Waals surface area contributed by atoms with E-state index in [4.69, 9.17) is 0 Å². The van der Waals surface area contributed by atoms with E-state index in [1.54, 1.807) is 18.5 Å². The van der Waals surface area contributed by atoms with Crippen LogP contribution >= 0.6 is 11.8 Å². The third kappa shape index (κ3) is 4.62. The minimum atomic E-state index is -0.624. The fourth-order valence-electron chi connectivity index (χ4n) is 2.18. The van der Waals surface area contributed by atoms with E-state index in [0.29, 0.717) is 11.3 Å². The number of thioether (sulfide) groups is 1. The van der Waals surface area contributed by atoms with Gasteiger partial charge in [0.15, 0.2) is 10.9 Å². The van der Waals surface area contributed by atoms with Gasteiger partial charge in [0, 0.05) is 31.5 Å². The number of hydrogen-bond donors (Lipinski definition) is 2. The molecule has 0 unspecified atom stereocenters. The molecule has 0 atom stereocenters. The van der Waals surface area contributed by atoms with Gasteiger partial charge in [0.2, 0.25) is 0 Å². The highest BCUT2D eigenvalue weighted by atomic mass is 32.2. The van der Waals surface area contributed by atoms with Gasteiger partial charge in [-0.05, 0) is 23.8 Å². The smallest absolute Gasteiger partial charge is 0.290 e. The Morgan fingerprint density at radius 2 is 1.75 bits per heavy atom. The number of hydrogen-bond acceptors (Lipinski definition) is 7. The fourth-order valence-corrected chi connectivity index (χ4v) is 3.02. The van der Waals surface area contributed by atoms with Crippen LogP contribution in [0.15, 0.2) is 52.7 Å². The second-order valence-electron chi connectivity index (χ2n) is 5.80. The topological polar surface area (TPSA) is 124 Å². The molecule has 2 amide bonds. The van der Waals surface area contributed by atoms with Gasteiger partial charge >= 0.3 is 0 Å². The first kappa shape index (κ1) is 19.3. The van der Waals surface area contributed by atoms with Gasteiger partial charge in [0.05, 0.1) is 0 Å². The second-order valence-corrected chi connectivity index (χ2v) is 6.74. The lowest BCUT2D eigenvalue weighted by molar-refractivity contribution is 0.0842. The Morgan fingerprint density at radius 1 is 1.04 bits per heavy atom. The number of nitrogens with one attached hydrogen (secondary N) is 2. The SMILES string of the molecule is Cn1cnnc1SCc1ccc(C(=O)NNC(=O)c2ccc(=O)n(C)n2)cc1. The molecule has 0 aliphatic carbocycles. The molecule has 2 N–H and O–H groups in total. The number of carbonyl (C=O) groups is 2. The lowest BCUT2D eigenvalue weighted by Gasteiger charge is -2.08. The van der Waals surface area contributed by atoms with Crippen molar-refractivity contribution >= 4 is 23.6 Å². The second kappa shape index (κ2) is 8.48. The molecule has 0 aliphatic heterocycles. The van der Waals surface area contributed by atoms with E-state index in [2.05, 4.69) is 26.1 Å². The molecule has 0 aliphatic rings. The van der Waals surface area contributed by atoms with Crippen LogP contribution in [0, 0.1) is 0 Å².